The molecule has 3 rings (SSSR count). The van der Waals surface area contributed by atoms with E-state index in [0.717, 1.165) is 12.3 Å². The van der Waals surface area contributed by atoms with Gasteiger partial charge in [-0.3, -0.25) is 9.69 Å². The molecule has 1 saturated heterocycles. The van der Waals surface area contributed by atoms with Crippen LogP contribution in [0.1, 0.15) is 49.3 Å². The van der Waals surface area contributed by atoms with Gasteiger partial charge in [0.15, 0.2) is 6.61 Å². The number of amides is 1. The van der Waals surface area contributed by atoms with Crippen molar-refractivity contribution in [2.24, 2.45) is 0 Å². The molecule has 1 aliphatic rings. The molecule has 1 heterocycles. The minimum absolute atomic E-state index is 0.0375. The van der Waals surface area contributed by atoms with Crippen molar-refractivity contribution in [2.75, 3.05) is 19.7 Å². The lowest BCUT2D eigenvalue weighted by molar-refractivity contribution is -0.123. The third-order valence-electron chi connectivity index (χ3n) is 5.08. The molecule has 1 aliphatic heterocycles. The second kappa shape index (κ2) is 9.56. The van der Waals surface area contributed by atoms with Gasteiger partial charge in [-0.15, -0.1) is 0 Å². The number of likely N-dealkylation sites (tertiary alicyclic amines) is 1. The Balaban J connectivity index is 1.50. The molecule has 1 fully saturated rings. The van der Waals surface area contributed by atoms with Crippen LogP contribution in [0.3, 0.4) is 0 Å². The van der Waals surface area contributed by atoms with Crippen LogP contribution in [0.15, 0.2) is 48.5 Å². The molecule has 2 aromatic carbocycles. The highest BCUT2D eigenvalue weighted by atomic mass is 16.5. The molecular weight excluding hydrogens is 336 g/mol. The minimum atomic E-state index is -0.0964. The summed E-state index contributed by atoms with van der Waals surface area (Å²) in [5.41, 5.74) is 3.69. The maximum atomic E-state index is 12.2. The summed E-state index contributed by atoms with van der Waals surface area (Å²) in [4.78, 5) is 14.7. The molecule has 0 atom stereocenters. The summed E-state index contributed by atoms with van der Waals surface area (Å²) in [7, 11) is 0. The summed E-state index contributed by atoms with van der Waals surface area (Å²) < 4.78 is 5.66. The lowest BCUT2D eigenvalue weighted by Gasteiger charge is -2.17. The van der Waals surface area contributed by atoms with Crippen LogP contribution in [0, 0.1) is 0 Å². The SMILES string of the molecule is CC(C)c1cccc(OCC(=O)NCc2ccccc2CN2CCCC2)c1. The van der Waals surface area contributed by atoms with Gasteiger partial charge in [-0.1, -0.05) is 50.2 Å². The molecule has 0 spiro atoms. The summed E-state index contributed by atoms with van der Waals surface area (Å²) in [6.07, 6.45) is 2.57. The van der Waals surface area contributed by atoms with Crippen LogP contribution in [-0.2, 0) is 17.9 Å². The van der Waals surface area contributed by atoms with Gasteiger partial charge in [-0.25, -0.2) is 0 Å². The molecule has 0 bridgehead atoms. The van der Waals surface area contributed by atoms with E-state index in [1.54, 1.807) is 0 Å². The number of benzene rings is 2. The van der Waals surface area contributed by atoms with E-state index in [4.69, 9.17) is 4.74 Å². The van der Waals surface area contributed by atoms with E-state index in [2.05, 4.69) is 48.3 Å². The first-order valence-electron chi connectivity index (χ1n) is 9.90. The molecule has 0 aliphatic carbocycles. The van der Waals surface area contributed by atoms with E-state index in [1.807, 2.05) is 24.3 Å². The fraction of sp³-hybridized carbons (Fsp3) is 0.435. The highest BCUT2D eigenvalue weighted by Gasteiger charge is 2.14. The third kappa shape index (κ3) is 5.83. The van der Waals surface area contributed by atoms with Gasteiger partial charge in [-0.2, -0.15) is 0 Å². The van der Waals surface area contributed by atoms with E-state index < -0.39 is 0 Å². The highest BCUT2D eigenvalue weighted by molar-refractivity contribution is 5.77. The van der Waals surface area contributed by atoms with E-state index >= 15 is 0 Å². The maximum Gasteiger partial charge on any atom is 0.258 e. The average Bonchev–Trinajstić information content (AvgIpc) is 3.19. The number of nitrogens with one attached hydrogen (secondary N) is 1. The Kier molecular flexibility index (Phi) is 6.88. The zero-order valence-electron chi connectivity index (χ0n) is 16.4. The van der Waals surface area contributed by atoms with Crippen molar-refractivity contribution < 1.29 is 9.53 Å². The molecule has 144 valence electrons. The van der Waals surface area contributed by atoms with E-state index in [9.17, 15) is 4.79 Å². The fourth-order valence-corrected chi connectivity index (χ4v) is 3.42. The summed E-state index contributed by atoms with van der Waals surface area (Å²) in [6.45, 7) is 8.17. The number of carbonyl (C=O) groups excluding carboxylic acids is 1. The Hall–Kier alpha value is -2.33. The molecule has 0 radical (unpaired) electrons. The Labute approximate surface area is 162 Å². The largest absolute Gasteiger partial charge is 0.484 e. The van der Waals surface area contributed by atoms with Crippen LogP contribution in [0.4, 0.5) is 0 Å². The number of carbonyl (C=O) groups is 1. The predicted molar refractivity (Wildman–Crippen MR) is 109 cm³/mol. The van der Waals surface area contributed by atoms with Crippen LogP contribution in [0.5, 0.6) is 5.75 Å². The van der Waals surface area contributed by atoms with Crippen molar-refractivity contribution in [1.82, 2.24) is 10.2 Å². The number of nitrogens with zero attached hydrogens (tertiary/aromatic N) is 1. The summed E-state index contributed by atoms with van der Waals surface area (Å²) in [6, 6.07) is 16.3. The van der Waals surface area contributed by atoms with Crippen molar-refractivity contribution in [2.45, 2.75) is 45.7 Å². The standard InChI is InChI=1S/C23H30N2O2/c1-18(2)19-10-7-11-22(14-19)27-17-23(26)24-15-20-8-3-4-9-21(20)16-25-12-5-6-13-25/h3-4,7-11,14,18H,5-6,12-13,15-17H2,1-2H3,(H,24,26). The normalized spacial score (nSPS) is 14.5. The van der Waals surface area contributed by atoms with E-state index in [1.165, 1.54) is 42.6 Å². The van der Waals surface area contributed by atoms with Crippen LogP contribution >= 0.6 is 0 Å². The lowest BCUT2D eigenvalue weighted by Crippen LogP contribution is -2.29. The molecule has 1 amide bonds. The molecule has 0 unspecified atom stereocenters. The average molecular weight is 367 g/mol. The molecule has 2 aromatic rings. The second-order valence-electron chi connectivity index (χ2n) is 7.54. The topological polar surface area (TPSA) is 41.6 Å². The number of hydrogen-bond acceptors (Lipinski definition) is 3. The van der Waals surface area contributed by atoms with E-state index in [0.29, 0.717) is 12.5 Å². The van der Waals surface area contributed by atoms with E-state index in [-0.39, 0.29) is 12.5 Å². The first kappa shape index (κ1) is 19.4. The minimum Gasteiger partial charge on any atom is -0.484 e. The van der Waals surface area contributed by atoms with Gasteiger partial charge >= 0.3 is 0 Å². The Morgan fingerprint density at radius 3 is 2.56 bits per heavy atom. The smallest absolute Gasteiger partial charge is 0.258 e. The number of hydrogen-bond donors (Lipinski definition) is 1. The molecule has 4 nitrogen and oxygen atoms in total. The van der Waals surface area contributed by atoms with Gasteiger partial charge in [-0.05, 0) is 60.7 Å². The van der Waals surface area contributed by atoms with Crippen LogP contribution < -0.4 is 10.1 Å². The lowest BCUT2D eigenvalue weighted by atomic mass is 10.0. The van der Waals surface area contributed by atoms with Gasteiger partial charge in [0.1, 0.15) is 5.75 Å². The third-order valence-corrected chi connectivity index (χ3v) is 5.08. The monoisotopic (exact) mass is 366 g/mol. The van der Waals surface area contributed by atoms with Crippen LogP contribution in [0.25, 0.3) is 0 Å². The fourth-order valence-electron chi connectivity index (χ4n) is 3.42. The van der Waals surface area contributed by atoms with Crippen molar-refractivity contribution in [3.63, 3.8) is 0 Å². The Morgan fingerprint density at radius 1 is 1.07 bits per heavy atom. The first-order valence-corrected chi connectivity index (χ1v) is 9.90. The molecule has 1 N–H and O–H groups in total. The summed E-state index contributed by atoms with van der Waals surface area (Å²) in [5, 5.41) is 2.99. The van der Waals surface area contributed by atoms with Crippen LogP contribution in [0.2, 0.25) is 0 Å². The maximum absolute atomic E-state index is 12.2. The summed E-state index contributed by atoms with van der Waals surface area (Å²) >= 11 is 0. The van der Waals surface area contributed by atoms with Gasteiger partial charge in [0.2, 0.25) is 0 Å². The molecule has 0 aromatic heterocycles. The zero-order valence-corrected chi connectivity index (χ0v) is 16.4. The van der Waals surface area contributed by atoms with Crippen molar-refractivity contribution in [1.29, 1.82) is 0 Å². The predicted octanol–water partition coefficient (Wildman–Crippen LogP) is 4.10. The van der Waals surface area contributed by atoms with Crippen molar-refractivity contribution in [3.8, 4) is 5.75 Å². The highest BCUT2D eigenvalue weighted by Crippen LogP contribution is 2.20. The van der Waals surface area contributed by atoms with Gasteiger partial charge in [0.25, 0.3) is 5.91 Å². The number of ether oxygens (including phenoxy) is 1. The van der Waals surface area contributed by atoms with Gasteiger partial charge in [0, 0.05) is 13.1 Å². The second-order valence-corrected chi connectivity index (χ2v) is 7.54. The zero-order chi connectivity index (χ0) is 19.1. The molecular formula is C23H30N2O2. The molecule has 4 heteroatoms. The van der Waals surface area contributed by atoms with Crippen LogP contribution in [-0.4, -0.2) is 30.5 Å². The molecule has 0 saturated carbocycles. The number of rotatable bonds is 8. The first-order chi connectivity index (χ1) is 13.1. The van der Waals surface area contributed by atoms with Gasteiger partial charge in [0.05, 0.1) is 0 Å². The van der Waals surface area contributed by atoms with Crippen molar-refractivity contribution >= 4 is 5.91 Å². The van der Waals surface area contributed by atoms with Crippen molar-refractivity contribution in [3.05, 3.63) is 65.2 Å². The van der Waals surface area contributed by atoms with Gasteiger partial charge < -0.3 is 10.1 Å². The quantitative estimate of drug-likeness (QED) is 0.765. The Bertz CT molecular complexity index is 752. The Morgan fingerprint density at radius 2 is 1.81 bits per heavy atom. The molecule has 27 heavy (non-hydrogen) atoms. The summed E-state index contributed by atoms with van der Waals surface area (Å²) in [5.74, 6) is 1.08.